The Morgan fingerprint density at radius 3 is 2.71 bits per heavy atom. The molecule has 0 aliphatic rings. The van der Waals surface area contributed by atoms with Gasteiger partial charge in [-0.3, -0.25) is 9.69 Å². The van der Waals surface area contributed by atoms with Crippen LogP contribution in [0.1, 0.15) is 16.9 Å². The molecular weight excluding hydrogens is 280 g/mol. The summed E-state index contributed by atoms with van der Waals surface area (Å²) in [4.78, 5) is 15.1. The van der Waals surface area contributed by atoms with Crippen LogP contribution in [0.25, 0.3) is 0 Å². The fraction of sp³-hybridized carbons (Fsp3) is 0.353. The van der Waals surface area contributed by atoms with Crippen molar-refractivity contribution in [1.82, 2.24) is 10.2 Å². The third kappa shape index (κ3) is 6.10. The Hall–Kier alpha value is -1.65. The summed E-state index contributed by atoms with van der Waals surface area (Å²) in [7, 11) is 2.00. The maximum atomic E-state index is 11.8. The Kier molecular flexibility index (Phi) is 6.44. The molecule has 0 unspecified atom stereocenters. The van der Waals surface area contributed by atoms with E-state index in [2.05, 4.69) is 34.5 Å². The lowest BCUT2D eigenvalue weighted by molar-refractivity contribution is -0.122. The van der Waals surface area contributed by atoms with Crippen LogP contribution in [0.15, 0.2) is 47.8 Å². The molecule has 3 nitrogen and oxygen atoms in total. The van der Waals surface area contributed by atoms with Crippen LogP contribution in [0.5, 0.6) is 0 Å². The van der Waals surface area contributed by atoms with E-state index in [0.717, 1.165) is 19.4 Å². The first-order chi connectivity index (χ1) is 10.2. The van der Waals surface area contributed by atoms with E-state index in [9.17, 15) is 4.79 Å². The van der Waals surface area contributed by atoms with Crippen LogP contribution in [-0.2, 0) is 17.8 Å². The maximum Gasteiger partial charge on any atom is 0.234 e. The van der Waals surface area contributed by atoms with Gasteiger partial charge >= 0.3 is 0 Å². The van der Waals surface area contributed by atoms with E-state index in [1.807, 2.05) is 30.6 Å². The number of hydrogen-bond donors (Lipinski definition) is 1. The van der Waals surface area contributed by atoms with Gasteiger partial charge in [-0.15, -0.1) is 11.3 Å². The Labute approximate surface area is 130 Å². The van der Waals surface area contributed by atoms with Gasteiger partial charge in [0.25, 0.3) is 0 Å². The Morgan fingerprint density at radius 1 is 1.19 bits per heavy atom. The summed E-state index contributed by atoms with van der Waals surface area (Å²) in [6.45, 7) is 2.02. The van der Waals surface area contributed by atoms with Crippen molar-refractivity contribution in [3.63, 3.8) is 0 Å². The van der Waals surface area contributed by atoms with E-state index in [1.54, 1.807) is 11.3 Å². The number of carbonyl (C=O) groups excluding carboxylic acids is 1. The number of aryl methyl sites for hydroxylation is 1. The quantitative estimate of drug-likeness (QED) is 0.813. The molecule has 2 rings (SSSR count). The Balaban J connectivity index is 1.60. The monoisotopic (exact) mass is 302 g/mol. The van der Waals surface area contributed by atoms with Gasteiger partial charge in [-0.1, -0.05) is 36.4 Å². The molecule has 0 fully saturated rings. The molecule has 0 radical (unpaired) electrons. The minimum Gasteiger partial charge on any atom is -0.350 e. The summed E-state index contributed by atoms with van der Waals surface area (Å²) in [5.41, 5.74) is 1.35. The number of thiophene rings is 1. The molecule has 112 valence electrons. The fourth-order valence-corrected chi connectivity index (χ4v) is 2.82. The van der Waals surface area contributed by atoms with E-state index < -0.39 is 0 Å². The number of likely N-dealkylation sites (N-methyl/N-ethyl adjacent to an activating group) is 1. The molecular formula is C17H22N2OS. The van der Waals surface area contributed by atoms with Gasteiger partial charge in [-0.2, -0.15) is 0 Å². The molecule has 0 saturated heterocycles. The molecule has 1 heterocycles. The lowest BCUT2D eigenvalue weighted by Crippen LogP contribution is -2.35. The van der Waals surface area contributed by atoms with Gasteiger partial charge in [0.2, 0.25) is 5.91 Å². The first-order valence-electron chi connectivity index (χ1n) is 7.25. The van der Waals surface area contributed by atoms with Crippen molar-refractivity contribution in [2.45, 2.75) is 19.4 Å². The molecule has 0 bridgehead atoms. The zero-order valence-corrected chi connectivity index (χ0v) is 13.2. The van der Waals surface area contributed by atoms with E-state index in [1.165, 1.54) is 10.4 Å². The minimum absolute atomic E-state index is 0.0885. The number of nitrogens with one attached hydrogen (secondary N) is 1. The Morgan fingerprint density at radius 2 is 2.00 bits per heavy atom. The number of hydrogen-bond acceptors (Lipinski definition) is 3. The largest absolute Gasteiger partial charge is 0.350 e. The van der Waals surface area contributed by atoms with E-state index in [0.29, 0.717) is 13.1 Å². The van der Waals surface area contributed by atoms with Crippen molar-refractivity contribution in [2.24, 2.45) is 0 Å². The molecule has 0 aliphatic carbocycles. The molecule has 0 spiro atoms. The fourth-order valence-electron chi connectivity index (χ4n) is 2.18. The molecule has 2 aromatic rings. The SMILES string of the molecule is CN(CCCc1ccccc1)CC(=O)NCc1cccs1. The topological polar surface area (TPSA) is 32.3 Å². The smallest absolute Gasteiger partial charge is 0.234 e. The summed E-state index contributed by atoms with van der Waals surface area (Å²) < 4.78 is 0. The summed E-state index contributed by atoms with van der Waals surface area (Å²) >= 11 is 1.67. The number of amides is 1. The molecule has 1 aromatic carbocycles. The first kappa shape index (κ1) is 15.7. The van der Waals surface area contributed by atoms with Crippen molar-refractivity contribution in [3.05, 3.63) is 58.3 Å². The third-order valence-electron chi connectivity index (χ3n) is 3.30. The van der Waals surface area contributed by atoms with Crippen LogP contribution in [-0.4, -0.2) is 30.9 Å². The van der Waals surface area contributed by atoms with Crippen LogP contribution in [0.3, 0.4) is 0 Å². The summed E-state index contributed by atoms with van der Waals surface area (Å²) in [5.74, 6) is 0.0885. The van der Waals surface area contributed by atoms with Crippen LogP contribution >= 0.6 is 11.3 Å². The standard InChI is InChI=1S/C17H22N2OS/c1-19(11-5-9-15-7-3-2-4-8-15)14-17(20)18-13-16-10-6-12-21-16/h2-4,6-8,10,12H,5,9,11,13-14H2,1H3,(H,18,20). The third-order valence-corrected chi connectivity index (χ3v) is 4.18. The van der Waals surface area contributed by atoms with Crippen LogP contribution in [0, 0.1) is 0 Å². The van der Waals surface area contributed by atoms with Gasteiger partial charge in [0.15, 0.2) is 0 Å². The summed E-state index contributed by atoms with van der Waals surface area (Å²) in [5, 5.41) is 4.98. The van der Waals surface area contributed by atoms with Crippen LogP contribution in [0.4, 0.5) is 0 Å². The highest BCUT2D eigenvalue weighted by molar-refractivity contribution is 7.09. The Bertz CT molecular complexity index is 525. The van der Waals surface area contributed by atoms with Gasteiger partial charge in [-0.25, -0.2) is 0 Å². The van der Waals surface area contributed by atoms with Crippen LogP contribution < -0.4 is 5.32 Å². The number of rotatable bonds is 8. The van der Waals surface area contributed by atoms with E-state index in [-0.39, 0.29) is 5.91 Å². The highest BCUT2D eigenvalue weighted by atomic mass is 32.1. The van der Waals surface area contributed by atoms with Crippen molar-refractivity contribution in [2.75, 3.05) is 20.1 Å². The molecule has 1 amide bonds. The number of benzene rings is 1. The first-order valence-corrected chi connectivity index (χ1v) is 8.13. The predicted octanol–water partition coefficient (Wildman–Crippen LogP) is 2.93. The van der Waals surface area contributed by atoms with Gasteiger partial charge in [-0.05, 0) is 43.4 Å². The normalized spacial score (nSPS) is 10.8. The molecule has 0 saturated carbocycles. The predicted molar refractivity (Wildman–Crippen MR) is 88.4 cm³/mol. The molecule has 4 heteroatoms. The second-order valence-corrected chi connectivity index (χ2v) is 6.22. The zero-order valence-electron chi connectivity index (χ0n) is 12.4. The van der Waals surface area contributed by atoms with E-state index in [4.69, 9.17) is 0 Å². The molecule has 0 atom stereocenters. The van der Waals surface area contributed by atoms with Gasteiger partial charge in [0, 0.05) is 4.88 Å². The number of carbonyl (C=O) groups is 1. The molecule has 0 aliphatic heterocycles. The lowest BCUT2D eigenvalue weighted by atomic mass is 10.1. The molecule has 1 aromatic heterocycles. The highest BCUT2D eigenvalue weighted by Gasteiger charge is 2.06. The van der Waals surface area contributed by atoms with Gasteiger partial charge in [0.1, 0.15) is 0 Å². The van der Waals surface area contributed by atoms with Crippen LogP contribution in [0.2, 0.25) is 0 Å². The molecule has 1 N–H and O–H groups in total. The zero-order chi connectivity index (χ0) is 14.9. The number of nitrogens with zero attached hydrogens (tertiary/aromatic N) is 1. The van der Waals surface area contributed by atoms with E-state index >= 15 is 0 Å². The van der Waals surface area contributed by atoms with Crippen molar-refractivity contribution in [1.29, 1.82) is 0 Å². The summed E-state index contributed by atoms with van der Waals surface area (Å²) in [6.07, 6.45) is 2.13. The minimum atomic E-state index is 0.0885. The molecule has 21 heavy (non-hydrogen) atoms. The van der Waals surface area contributed by atoms with Crippen molar-refractivity contribution >= 4 is 17.2 Å². The van der Waals surface area contributed by atoms with Crippen molar-refractivity contribution < 1.29 is 4.79 Å². The highest BCUT2D eigenvalue weighted by Crippen LogP contribution is 2.07. The van der Waals surface area contributed by atoms with Gasteiger partial charge < -0.3 is 5.32 Å². The van der Waals surface area contributed by atoms with Gasteiger partial charge in [0.05, 0.1) is 13.1 Å². The second-order valence-electron chi connectivity index (χ2n) is 5.18. The average molecular weight is 302 g/mol. The average Bonchev–Trinajstić information content (AvgIpc) is 2.99. The summed E-state index contributed by atoms with van der Waals surface area (Å²) in [6, 6.07) is 14.5. The lowest BCUT2D eigenvalue weighted by Gasteiger charge is -2.16. The maximum absolute atomic E-state index is 11.8. The second kappa shape index (κ2) is 8.60. The van der Waals surface area contributed by atoms with Crippen molar-refractivity contribution in [3.8, 4) is 0 Å².